The molecule has 1 aliphatic heterocycles. The molecule has 0 bridgehead atoms. The molecule has 0 aliphatic carbocycles. The van der Waals surface area contributed by atoms with Gasteiger partial charge in [0.15, 0.2) is 11.5 Å². The summed E-state index contributed by atoms with van der Waals surface area (Å²) in [6, 6.07) is 6.16. The van der Waals surface area contributed by atoms with Gasteiger partial charge >= 0.3 is 0 Å². The van der Waals surface area contributed by atoms with Crippen LogP contribution in [0, 0.1) is 11.3 Å². The SMILES string of the molecule is CC(C)c1nc2cc3c(cc2n1CCCC#N)OCCO3. The lowest BCUT2D eigenvalue weighted by Gasteiger charge is -2.18. The third-order valence-electron chi connectivity index (χ3n) is 3.63. The number of hydrogen-bond donors (Lipinski definition) is 0. The minimum Gasteiger partial charge on any atom is -0.486 e. The van der Waals surface area contributed by atoms with Crippen LogP contribution in [0.1, 0.15) is 38.4 Å². The molecule has 21 heavy (non-hydrogen) atoms. The van der Waals surface area contributed by atoms with Crippen molar-refractivity contribution in [2.45, 2.75) is 39.2 Å². The first-order valence-electron chi connectivity index (χ1n) is 7.37. The molecule has 0 fully saturated rings. The molecule has 0 radical (unpaired) electrons. The fourth-order valence-electron chi connectivity index (χ4n) is 2.67. The molecule has 2 heterocycles. The van der Waals surface area contributed by atoms with E-state index in [0.29, 0.717) is 25.6 Å². The van der Waals surface area contributed by atoms with Crippen molar-refractivity contribution >= 4 is 11.0 Å². The monoisotopic (exact) mass is 285 g/mol. The minimum atomic E-state index is 0.332. The zero-order valence-electron chi connectivity index (χ0n) is 12.4. The maximum Gasteiger partial charge on any atom is 0.163 e. The Morgan fingerprint density at radius 2 is 2.00 bits per heavy atom. The Hall–Kier alpha value is -2.22. The molecule has 1 aliphatic rings. The van der Waals surface area contributed by atoms with Crippen LogP contribution in [-0.2, 0) is 6.54 Å². The Balaban J connectivity index is 2.08. The van der Waals surface area contributed by atoms with E-state index in [2.05, 4.69) is 24.5 Å². The highest BCUT2D eigenvalue weighted by atomic mass is 16.6. The second kappa shape index (κ2) is 5.65. The highest BCUT2D eigenvalue weighted by molar-refractivity contribution is 5.81. The molecule has 3 rings (SSSR count). The van der Waals surface area contributed by atoms with Crippen molar-refractivity contribution in [3.05, 3.63) is 18.0 Å². The maximum atomic E-state index is 8.73. The third-order valence-corrected chi connectivity index (χ3v) is 3.63. The number of hydrogen-bond acceptors (Lipinski definition) is 4. The standard InChI is InChI=1S/C16H19N3O2/c1-11(2)16-18-12-9-14-15(21-8-7-20-14)10-13(12)19(16)6-4-3-5-17/h9-11H,3-4,6-8H2,1-2H3. The van der Waals surface area contributed by atoms with Gasteiger partial charge in [-0.05, 0) is 6.42 Å². The summed E-state index contributed by atoms with van der Waals surface area (Å²) in [6.45, 7) is 6.23. The lowest BCUT2D eigenvalue weighted by molar-refractivity contribution is 0.172. The van der Waals surface area contributed by atoms with Gasteiger partial charge < -0.3 is 14.0 Å². The van der Waals surface area contributed by atoms with Crippen LogP contribution >= 0.6 is 0 Å². The van der Waals surface area contributed by atoms with Crippen molar-refractivity contribution in [3.8, 4) is 17.6 Å². The van der Waals surface area contributed by atoms with Crippen molar-refractivity contribution in [2.24, 2.45) is 0 Å². The van der Waals surface area contributed by atoms with Gasteiger partial charge in [-0.15, -0.1) is 0 Å². The van der Waals surface area contributed by atoms with E-state index < -0.39 is 0 Å². The predicted octanol–water partition coefficient (Wildman–Crippen LogP) is 3.23. The van der Waals surface area contributed by atoms with Gasteiger partial charge in [-0.2, -0.15) is 5.26 Å². The molecule has 0 atom stereocenters. The molecule has 0 saturated heterocycles. The van der Waals surface area contributed by atoms with Crippen LogP contribution in [0.3, 0.4) is 0 Å². The summed E-state index contributed by atoms with van der Waals surface area (Å²) in [4.78, 5) is 4.74. The van der Waals surface area contributed by atoms with E-state index >= 15 is 0 Å². The highest BCUT2D eigenvalue weighted by Crippen LogP contribution is 2.35. The van der Waals surface area contributed by atoms with Crippen LogP contribution in [0.15, 0.2) is 12.1 Å². The number of ether oxygens (including phenoxy) is 2. The Labute approximate surface area is 124 Å². The molecule has 0 saturated carbocycles. The largest absolute Gasteiger partial charge is 0.486 e. The van der Waals surface area contributed by atoms with Gasteiger partial charge in [0.05, 0.1) is 17.1 Å². The number of benzene rings is 1. The van der Waals surface area contributed by atoms with E-state index in [4.69, 9.17) is 19.7 Å². The van der Waals surface area contributed by atoms with Crippen molar-refractivity contribution < 1.29 is 9.47 Å². The molecule has 0 N–H and O–H groups in total. The number of nitriles is 1. The Kier molecular flexibility index (Phi) is 3.70. The second-order valence-corrected chi connectivity index (χ2v) is 5.52. The first-order valence-corrected chi connectivity index (χ1v) is 7.37. The number of aromatic nitrogens is 2. The Morgan fingerprint density at radius 3 is 2.67 bits per heavy atom. The van der Waals surface area contributed by atoms with Crippen LogP contribution in [0.5, 0.6) is 11.5 Å². The van der Waals surface area contributed by atoms with E-state index in [1.54, 1.807) is 0 Å². The predicted molar refractivity (Wildman–Crippen MR) is 79.7 cm³/mol. The summed E-state index contributed by atoms with van der Waals surface area (Å²) < 4.78 is 13.5. The minimum absolute atomic E-state index is 0.332. The van der Waals surface area contributed by atoms with Crippen molar-refractivity contribution in [3.63, 3.8) is 0 Å². The van der Waals surface area contributed by atoms with Crippen LogP contribution in [0.2, 0.25) is 0 Å². The van der Waals surface area contributed by atoms with E-state index in [9.17, 15) is 0 Å². The molecule has 0 spiro atoms. The van der Waals surface area contributed by atoms with Crippen LogP contribution in [0.4, 0.5) is 0 Å². The lowest BCUT2D eigenvalue weighted by Crippen LogP contribution is -2.15. The molecule has 5 nitrogen and oxygen atoms in total. The first kappa shape index (κ1) is 13.7. The molecular weight excluding hydrogens is 266 g/mol. The number of imidazole rings is 1. The number of rotatable bonds is 4. The number of fused-ring (bicyclic) bond motifs is 2. The van der Waals surface area contributed by atoms with Crippen molar-refractivity contribution in [1.29, 1.82) is 5.26 Å². The number of unbranched alkanes of at least 4 members (excludes halogenated alkanes) is 1. The Bertz CT molecular complexity index is 698. The zero-order chi connectivity index (χ0) is 14.8. The number of nitrogens with zero attached hydrogens (tertiary/aromatic N) is 3. The van der Waals surface area contributed by atoms with Gasteiger partial charge in [-0.1, -0.05) is 13.8 Å². The lowest BCUT2D eigenvalue weighted by atomic mass is 10.2. The maximum absolute atomic E-state index is 8.73. The smallest absolute Gasteiger partial charge is 0.163 e. The average molecular weight is 285 g/mol. The van der Waals surface area contributed by atoms with E-state index in [1.165, 1.54) is 0 Å². The summed E-state index contributed by atoms with van der Waals surface area (Å²) >= 11 is 0. The molecule has 110 valence electrons. The highest BCUT2D eigenvalue weighted by Gasteiger charge is 2.19. The number of aryl methyl sites for hydroxylation is 1. The molecule has 0 unspecified atom stereocenters. The van der Waals surface area contributed by atoms with Gasteiger partial charge in [0, 0.05) is 31.0 Å². The quantitative estimate of drug-likeness (QED) is 0.809. The zero-order valence-corrected chi connectivity index (χ0v) is 12.4. The van der Waals surface area contributed by atoms with Crippen molar-refractivity contribution in [1.82, 2.24) is 9.55 Å². The fraction of sp³-hybridized carbons (Fsp3) is 0.500. The van der Waals surface area contributed by atoms with Gasteiger partial charge in [0.1, 0.15) is 19.0 Å². The summed E-state index contributed by atoms with van der Waals surface area (Å²) in [5, 5.41) is 8.73. The van der Waals surface area contributed by atoms with Crippen molar-refractivity contribution in [2.75, 3.05) is 13.2 Å². The fourth-order valence-corrected chi connectivity index (χ4v) is 2.67. The van der Waals surface area contributed by atoms with E-state index in [-0.39, 0.29) is 0 Å². The molecule has 2 aromatic rings. The molecule has 1 aromatic heterocycles. The van der Waals surface area contributed by atoms with Crippen LogP contribution in [0.25, 0.3) is 11.0 Å². The van der Waals surface area contributed by atoms with Gasteiger partial charge in [0.25, 0.3) is 0 Å². The Morgan fingerprint density at radius 1 is 1.29 bits per heavy atom. The van der Waals surface area contributed by atoms with Crippen LogP contribution < -0.4 is 9.47 Å². The summed E-state index contributed by atoms with van der Waals surface area (Å²) in [6.07, 6.45) is 1.39. The molecule has 5 heteroatoms. The summed E-state index contributed by atoms with van der Waals surface area (Å²) in [7, 11) is 0. The van der Waals surface area contributed by atoms with Crippen LogP contribution in [-0.4, -0.2) is 22.8 Å². The third kappa shape index (κ3) is 2.54. The molecule has 1 aromatic carbocycles. The summed E-state index contributed by atoms with van der Waals surface area (Å²) in [5.74, 6) is 2.93. The topological polar surface area (TPSA) is 60.1 Å². The van der Waals surface area contributed by atoms with Gasteiger partial charge in [0.2, 0.25) is 0 Å². The normalized spacial score (nSPS) is 13.6. The average Bonchev–Trinajstić information content (AvgIpc) is 2.83. The summed E-state index contributed by atoms with van der Waals surface area (Å²) in [5.41, 5.74) is 1.99. The molecule has 0 amide bonds. The first-order chi connectivity index (χ1) is 10.2. The molecular formula is C16H19N3O2. The second-order valence-electron chi connectivity index (χ2n) is 5.52. The van der Waals surface area contributed by atoms with E-state index in [0.717, 1.165) is 41.3 Å². The van der Waals surface area contributed by atoms with Gasteiger partial charge in [-0.25, -0.2) is 4.98 Å². The van der Waals surface area contributed by atoms with Gasteiger partial charge in [-0.3, -0.25) is 0 Å². The van der Waals surface area contributed by atoms with E-state index in [1.807, 2.05) is 12.1 Å².